The molecule has 0 saturated carbocycles. The highest BCUT2D eigenvalue weighted by atomic mass is 35.5. The van der Waals surface area contributed by atoms with Crippen LogP contribution in [0.15, 0.2) is 60.8 Å². The van der Waals surface area contributed by atoms with Gasteiger partial charge < -0.3 is 10.1 Å². The summed E-state index contributed by atoms with van der Waals surface area (Å²) < 4.78 is 30.8. The number of anilines is 2. The molecule has 1 amide bonds. The van der Waals surface area contributed by atoms with Crippen LogP contribution in [0.25, 0.3) is 11.3 Å². The number of carbonyl (C=O) groups is 1. The SMILES string of the molecule is O=C(Nc1ccc(Cl)c(-c2cc(Cl)ccn2)c1)c1ccc(N2COCCS2(=O)=O)cc1. The van der Waals surface area contributed by atoms with E-state index in [-0.39, 0.29) is 25.0 Å². The van der Waals surface area contributed by atoms with Crippen molar-refractivity contribution in [3.05, 3.63) is 76.4 Å². The maximum Gasteiger partial charge on any atom is 0.255 e. The van der Waals surface area contributed by atoms with Crippen LogP contribution >= 0.6 is 23.2 Å². The van der Waals surface area contributed by atoms with Crippen molar-refractivity contribution in [2.75, 3.05) is 28.7 Å². The number of amides is 1. The number of nitrogens with one attached hydrogen (secondary N) is 1. The van der Waals surface area contributed by atoms with E-state index in [4.69, 9.17) is 27.9 Å². The van der Waals surface area contributed by atoms with Crippen molar-refractivity contribution >= 4 is 50.5 Å². The summed E-state index contributed by atoms with van der Waals surface area (Å²) in [5, 5.41) is 3.81. The monoisotopic (exact) mass is 477 g/mol. The third kappa shape index (κ3) is 4.83. The fourth-order valence-corrected chi connectivity index (χ4v) is 4.67. The minimum absolute atomic E-state index is 0.0427. The number of rotatable bonds is 4. The standard InChI is InChI=1S/C21H17Cl2N3O4S/c22-15-7-8-24-20(11-15)18-12-16(3-6-19(18)23)25-21(27)14-1-4-17(5-2-14)26-13-30-9-10-31(26,28)29/h1-8,11-12H,9-10,13H2,(H,25,27). The Kier molecular flexibility index (Phi) is 6.15. The van der Waals surface area contributed by atoms with Gasteiger partial charge in [0.15, 0.2) is 0 Å². The van der Waals surface area contributed by atoms with Crippen LogP contribution in [-0.2, 0) is 14.8 Å². The summed E-state index contributed by atoms with van der Waals surface area (Å²) in [6, 6.07) is 14.7. The highest BCUT2D eigenvalue weighted by Crippen LogP contribution is 2.31. The first-order chi connectivity index (χ1) is 14.8. The number of ether oxygens (including phenoxy) is 1. The highest BCUT2D eigenvalue weighted by molar-refractivity contribution is 7.92. The van der Waals surface area contributed by atoms with E-state index in [0.717, 1.165) is 0 Å². The number of hydrogen-bond donors (Lipinski definition) is 1. The first-order valence-corrected chi connectivity index (χ1v) is 11.6. The van der Waals surface area contributed by atoms with Gasteiger partial charge in [-0.25, -0.2) is 12.7 Å². The molecule has 0 unspecified atom stereocenters. The fraction of sp³-hybridized carbons (Fsp3) is 0.143. The van der Waals surface area contributed by atoms with Crippen LogP contribution in [0.3, 0.4) is 0 Å². The summed E-state index contributed by atoms with van der Waals surface area (Å²) in [4.78, 5) is 16.9. The third-order valence-corrected chi connectivity index (χ3v) is 6.90. The van der Waals surface area contributed by atoms with Crippen LogP contribution in [0, 0.1) is 0 Å². The number of sulfonamides is 1. The Morgan fingerprint density at radius 2 is 1.84 bits per heavy atom. The van der Waals surface area contributed by atoms with Crippen molar-refractivity contribution < 1.29 is 17.9 Å². The lowest BCUT2D eigenvalue weighted by Gasteiger charge is -2.28. The molecule has 0 atom stereocenters. The number of hydrogen-bond acceptors (Lipinski definition) is 5. The average molecular weight is 478 g/mol. The van der Waals surface area contributed by atoms with Crippen LogP contribution in [0.5, 0.6) is 0 Å². The minimum atomic E-state index is -3.42. The first-order valence-electron chi connectivity index (χ1n) is 9.24. The number of nitrogens with zero attached hydrogens (tertiary/aromatic N) is 2. The molecule has 2 heterocycles. The average Bonchev–Trinajstić information content (AvgIpc) is 2.75. The van der Waals surface area contributed by atoms with E-state index in [2.05, 4.69) is 10.3 Å². The van der Waals surface area contributed by atoms with Crippen LogP contribution in [0.2, 0.25) is 10.0 Å². The first kappa shape index (κ1) is 21.6. The van der Waals surface area contributed by atoms with Gasteiger partial charge in [0.05, 0.1) is 28.8 Å². The molecule has 7 nitrogen and oxygen atoms in total. The molecule has 160 valence electrons. The molecule has 4 rings (SSSR count). The van der Waals surface area contributed by atoms with Gasteiger partial charge in [0.1, 0.15) is 6.73 Å². The largest absolute Gasteiger partial charge is 0.359 e. The zero-order valence-electron chi connectivity index (χ0n) is 16.1. The van der Waals surface area contributed by atoms with E-state index in [1.165, 1.54) is 4.31 Å². The summed E-state index contributed by atoms with van der Waals surface area (Å²) in [7, 11) is -3.42. The van der Waals surface area contributed by atoms with Gasteiger partial charge in [-0.05, 0) is 54.6 Å². The lowest BCUT2D eigenvalue weighted by molar-refractivity contribution is 0.102. The number of benzene rings is 2. The van der Waals surface area contributed by atoms with E-state index in [9.17, 15) is 13.2 Å². The zero-order valence-corrected chi connectivity index (χ0v) is 18.4. The number of pyridine rings is 1. The molecule has 0 spiro atoms. The lowest BCUT2D eigenvalue weighted by atomic mass is 10.1. The lowest BCUT2D eigenvalue weighted by Crippen LogP contribution is -2.41. The molecule has 1 aliphatic heterocycles. The summed E-state index contributed by atoms with van der Waals surface area (Å²) in [5.41, 5.74) is 2.56. The Bertz CT molecular complexity index is 1230. The van der Waals surface area contributed by atoms with Gasteiger partial charge in [0.25, 0.3) is 5.91 Å². The molecule has 0 radical (unpaired) electrons. The summed E-state index contributed by atoms with van der Waals surface area (Å²) in [6.07, 6.45) is 1.58. The third-order valence-electron chi connectivity index (χ3n) is 4.67. The minimum Gasteiger partial charge on any atom is -0.359 e. The zero-order chi connectivity index (χ0) is 22.0. The molecular formula is C21H17Cl2N3O4S. The molecule has 1 aromatic heterocycles. The van der Waals surface area contributed by atoms with E-state index < -0.39 is 10.0 Å². The summed E-state index contributed by atoms with van der Waals surface area (Å²) in [6.45, 7) is 0.131. The highest BCUT2D eigenvalue weighted by Gasteiger charge is 2.26. The quantitative estimate of drug-likeness (QED) is 0.600. The Labute approximate surface area is 189 Å². The summed E-state index contributed by atoms with van der Waals surface area (Å²) in [5.74, 6) is -0.424. The molecule has 1 fully saturated rings. The van der Waals surface area contributed by atoms with Crippen molar-refractivity contribution in [1.29, 1.82) is 0 Å². The Morgan fingerprint density at radius 1 is 1.06 bits per heavy atom. The predicted octanol–water partition coefficient (Wildman–Crippen LogP) is 4.43. The number of halogens is 2. The topological polar surface area (TPSA) is 88.6 Å². The molecule has 31 heavy (non-hydrogen) atoms. The van der Waals surface area contributed by atoms with Gasteiger partial charge in [-0.2, -0.15) is 0 Å². The van der Waals surface area contributed by atoms with E-state index in [1.54, 1.807) is 60.8 Å². The molecule has 0 aliphatic carbocycles. The van der Waals surface area contributed by atoms with Crippen molar-refractivity contribution in [2.45, 2.75) is 0 Å². The second-order valence-electron chi connectivity index (χ2n) is 6.76. The molecular weight excluding hydrogens is 461 g/mol. The second kappa shape index (κ2) is 8.84. The predicted molar refractivity (Wildman–Crippen MR) is 121 cm³/mol. The van der Waals surface area contributed by atoms with E-state index in [1.807, 2.05) is 0 Å². The van der Waals surface area contributed by atoms with Crippen molar-refractivity contribution in [1.82, 2.24) is 4.98 Å². The van der Waals surface area contributed by atoms with Gasteiger partial charge in [0, 0.05) is 28.0 Å². The molecule has 2 aromatic carbocycles. The van der Waals surface area contributed by atoms with Crippen LogP contribution in [-0.4, -0.2) is 38.4 Å². The molecule has 1 aliphatic rings. The van der Waals surface area contributed by atoms with E-state index in [0.29, 0.717) is 38.2 Å². The van der Waals surface area contributed by atoms with Gasteiger partial charge in [-0.3, -0.25) is 9.78 Å². The Balaban J connectivity index is 1.53. The second-order valence-corrected chi connectivity index (χ2v) is 9.61. The van der Waals surface area contributed by atoms with Crippen molar-refractivity contribution in [3.63, 3.8) is 0 Å². The summed E-state index contributed by atoms with van der Waals surface area (Å²) >= 11 is 12.3. The number of aromatic nitrogens is 1. The van der Waals surface area contributed by atoms with Crippen LogP contribution < -0.4 is 9.62 Å². The molecule has 10 heteroatoms. The Morgan fingerprint density at radius 3 is 2.55 bits per heavy atom. The fourth-order valence-electron chi connectivity index (χ4n) is 3.07. The van der Waals surface area contributed by atoms with Crippen LogP contribution in [0.4, 0.5) is 11.4 Å². The molecule has 3 aromatic rings. The maximum absolute atomic E-state index is 12.7. The van der Waals surface area contributed by atoms with Crippen molar-refractivity contribution in [2.24, 2.45) is 0 Å². The van der Waals surface area contributed by atoms with Gasteiger partial charge >= 0.3 is 0 Å². The molecule has 1 N–H and O–H groups in total. The number of carbonyl (C=O) groups excluding carboxylic acids is 1. The maximum atomic E-state index is 12.7. The normalized spacial score (nSPS) is 15.5. The van der Waals surface area contributed by atoms with Crippen molar-refractivity contribution in [3.8, 4) is 11.3 Å². The van der Waals surface area contributed by atoms with Gasteiger partial charge in [-0.1, -0.05) is 23.2 Å². The molecule has 0 bridgehead atoms. The van der Waals surface area contributed by atoms with Gasteiger partial charge in [-0.15, -0.1) is 0 Å². The van der Waals surface area contributed by atoms with Gasteiger partial charge in [0.2, 0.25) is 10.0 Å². The van der Waals surface area contributed by atoms with E-state index >= 15 is 0 Å². The van der Waals surface area contributed by atoms with Crippen LogP contribution in [0.1, 0.15) is 10.4 Å². The Hall–Kier alpha value is -2.65. The smallest absolute Gasteiger partial charge is 0.255 e. The molecule has 1 saturated heterocycles.